The minimum absolute atomic E-state index is 0.00977. The van der Waals surface area contributed by atoms with E-state index >= 15 is 0 Å². The highest BCUT2D eigenvalue weighted by Gasteiger charge is 2.23. The largest absolute Gasteiger partial charge is 0.508 e. The molecule has 0 saturated heterocycles. The van der Waals surface area contributed by atoms with Crippen LogP contribution in [0.2, 0.25) is 0 Å². The van der Waals surface area contributed by atoms with Gasteiger partial charge < -0.3 is 19.9 Å². The van der Waals surface area contributed by atoms with Gasteiger partial charge in [0.1, 0.15) is 17.1 Å². The quantitative estimate of drug-likeness (QED) is 0.185. The molecule has 186 valence electrons. The maximum atomic E-state index is 12.9. The van der Waals surface area contributed by atoms with Crippen molar-refractivity contribution in [2.24, 2.45) is 0 Å². The van der Waals surface area contributed by atoms with E-state index in [1.165, 1.54) is 55.7 Å². The third-order valence-corrected chi connectivity index (χ3v) is 6.27. The van der Waals surface area contributed by atoms with Crippen LogP contribution in [0.1, 0.15) is 66.2 Å². The number of carboxylic acids is 1. The van der Waals surface area contributed by atoms with Crippen molar-refractivity contribution in [1.29, 1.82) is 0 Å². The Labute approximate surface area is 208 Å². The minimum atomic E-state index is -1.15. The summed E-state index contributed by atoms with van der Waals surface area (Å²) >= 11 is 0. The van der Waals surface area contributed by atoms with Crippen molar-refractivity contribution >= 4 is 22.8 Å². The van der Waals surface area contributed by atoms with Crippen molar-refractivity contribution in [3.05, 3.63) is 75.9 Å². The van der Waals surface area contributed by atoms with E-state index in [2.05, 4.69) is 12.2 Å². The highest BCUT2D eigenvalue weighted by atomic mass is 16.4. The van der Waals surface area contributed by atoms with E-state index in [1.807, 2.05) is 0 Å². The molecule has 1 amide bonds. The number of aromatic carboxylic acids is 1. The Hall–Kier alpha value is -4.13. The first kappa shape index (κ1) is 25.0. The van der Waals surface area contributed by atoms with Gasteiger partial charge in [0.25, 0.3) is 5.91 Å². The molecule has 2 aliphatic rings. The minimum Gasteiger partial charge on any atom is -0.508 e. The molecule has 7 heteroatoms. The highest BCUT2D eigenvalue weighted by molar-refractivity contribution is 6.09. The monoisotopic (exact) mass is 487 g/mol. The summed E-state index contributed by atoms with van der Waals surface area (Å²) in [5.74, 6) is -1.21. The topological polar surface area (TPSA) is 117 Å². The highest BCUT2D eigenvalue weighted by Crippen LogP contribution is 2.42. The summed E-state index contributed by atoms with van der Waals surface area (Å²) in [6, 6.07) is 13.3. The molecule has 0 saturated carbocycles. The van der Waals surface area contributed by atoms with E-state index in [4.69, 9.17) is 4.42 Å². The number of benzene rings is 3. The first-order chi connectivity index (χ1) is 17.4. The number of amides is 1. The Morgan fingerprint density at radius 1 is 0.889 bits per heavy atom. The lowest BCUT2D eigenvalue weighted by molar-refractivity contribution is 0.0697. The Balaban J connectivity index is 1.74. The van der Waals surface area contributed by atoms with Crippen LogP contribution >= 0.6 is 0 Å². The van der Waals surface area contributed by atoms with Gasteiger partial charge in [-0.25, -0.2) is 4.79 Å². The number of fused-ring (bicyclic) bond motifs is 2. The Morgan fingerprint density at radius 2 is 1.67 bits per heavy atom. The van der Waals surface area contributed by atoms with Gasteiger partial charge in [-0.15, -0.1) is 0 Å². The second-order valence-corrected chi connectivity index (χ2v) is 8.90. The summed E-state index contributed by atoms with van der Waals surface area (Å²) < 4.78 is 5.86. The number of phenols is 1. The number of unbranched alkanes of at least 4 members (excludes halogenated alkanes) is 5. The second-order valence-electron chi connectivity index (χ2n) is 8.90. The molecule has 0 fully saturated rings. The zero-order valence-electron chi connectivity index (χ0n) is 20.2. The average Bonchev–Trinajstić information content (AvgIpc) is 2.86. The molecule has 0 atom stereocenters. The van der Waals surface area contributed by atoms with Crippen LogP contribution in [-0.2, 0) is 0 Å². The fraction of sp³-hybridized carbons (Fsp3) is 0.276. The van der Waals surface area contributed by atoms with Crippen LogP contribution in [0, 0.1) is 0 Å². The second kappa shape index (κ2) is 11.1. The van der Waals surface area contributed by atoms with Gasteiger partial charge in [0.2, 0.25) is 0 Å². The molecule has 7 nitrogen and oxygen atoms in total. The fourth-order valence-corrected chi connectivity index (χ4v) is 4.44. The molecule has 0 aromatic heterocycles. The van der Waals surface area contributed by atoms with Crippen molar-refractivity contribution in [3.63, 3.8) is 0 Å². The third-order valence-electron chi connectivity index (χ3n) is 6.27. The van der Waals surface area contributed by atoms with Crippen LogP contribution in [0.15, 0.2) is 63.8 Å². The van der Waals surface area contributed by atoms with E-state index in [9.17, 15) is 24.6 Å². The number of hydrogen-bond acceptors (Lipinski definition) is 5. The van der Waals surface area contributed by atoms with Crippen LogP contribution in [-0.4, -0.2) is 28.6 Å². The summed E-state index contributed by atoms with van der Waals surface area (Å²) in [7, 11) is 0. The summed E-state index contributed by atoms with van der Waals surface area (Å²) in [6.07, 6.45) is 6.67. The third kappa shape index (κ3) is 5.40. The summed E-state index contributed by atoms with van der Waals surface area (Å²) in [4.78, 5) is 37.1. The average molecular weight is 488 g/mol. The Morgan fingerprint density at radius 3 is 2.44 bits per heavy atom. The van der Waals surface area contributed by atoms with Gasteiger partial charge in [0, 0.05) is 40.8 Å². The van der Waals surface area contributed by atoms with Crippen LogP contribution in [0.5, 0.6) is 5.75 Å². The zero-order chi connectivity index (χ0) is 25.7. The zero-order valence-corrected chi connectivity index (χ0v) is 20.2. The molecule has 2 aromatic rings. The van der Waals surface area contributed by atoms with Gasteiger partial charge in [0.15, 0.2) is 5.43 Å². The van der Waals surface area contributed by atoms with Crippen LogP contribution in [0.4, 0.5) is 0 Å². The number of carboxylic acid groups (broad SMARTS) is 1. The van der Waals surface area contributed by atoms with Crippen molar-refractivity contribution in [3.8, 4) is 28.2 Å². The van der Waals surface area contributed by atoms with Gasteiger partial charge in [-0.05, 0) is 54.4 Å². The number of phenolic OH excluding ortho intramolecular Hbond substituents is 1. The van der Waals surface area contributed by atoms with Crippen LogP contribution in [0.25, 0.3) is 33.4 Å². The normalized spacial score (nSPS) is 11.1. The molecule has 4 rings (SSSR count). The number of carbonyl (C=O) groups excluding carboxylic acids is 1. The first-order valence-corrected chi connectivity index (χ1v) is 12.2. The van der Waals surface area contributed by atoms with Crippen molar-refractivity contribution in [2.75, 3.05) is 6.54 Å². The van der Waals surface area contributed by atoms with Gasteiger partial charge in [-0.3, -0.25) is 9.59 Å². The molecule has 3 N–H and O–H groups in total. The van der Waals surface area contributed by atoms with Gasteiger partial charge in [0.05, 0.1) is 5.56 Å². The molecule has 36 heavy (non-hydrogen) atoms. The van der Waals surface area contributed by atoms with Crippen molar-refractivity contribution < 1.29 is 24.2 Å². The van der Waals surface area contributed by atoms with E-state index < -0.39 is 5.97 Å². The molecule has 0 radical (unpaired) electrons. The first-order valence-electron chi connectivity index (χ1n) is 12.2. The molecule has 0 bridgehead atoms. The summed E-state index contributed by atoms with van der Waals surface area (Å²) in [5, 5.41) is 23.4. The van der Waals surface area contributed by atoms with Gasteiger partial charge in [-0.2, -0.15) is 0 Å². The van der Waals surface area contributed by atoms with E-state index in [0.717, 1.165) is 19.3 Å². The van der Waals surface area contributed by atoms with Gasteiger partial charge in [-0.1, -0.05) is 39.0 Å². The molecular weight excluding hydrogens is 458 g/mol. The van der Waals surface area contributed by atoms with E-state index in [1.54, 1.807) is 18.2 Å². The molecule has 0 spiro atoms. The number of carbonyl (C=O) groups is 2. The fourth-order valence-electron chi connectivity index (χ4n) is 4.44. The maximum absolute atomic E-state index is 12.9. The molecule has 1 aliphatic carbocycles. The smallest absolute Gasteiger partial charge is 0.336 e. The number of aromatic hydroxyl groups is 1. The van der Waals surface area contributed by atoms with Crippen molar-refractivity contribution in [1.82, 2.24) is 5.32 Å². The molecule has 2 aromatic carbocycles. The molecular formula is C29H29NO6. The van der Waals surface area contributed by atoms with Crippen LogP contribution < -0.4 is 10.7 Å². The lowest BCUT2D eigenvalue weighted by Gasteiger charge is -2.17. The SMILES string of the molecule is CCCCCCCCNC(=O)c1ccc(C(=O)O)c(-c2c3ccc(=O)cc-3oc3cc(O)ccc23)c1. The summed E-state index contributed by atoms with van der Waals surface area (Å²) in [6.45, 7) is 2.72. The lowest BCUT2D eigenvalue weighted by atomic mass is 9.89. The predicted octanol–water partition coefficient (Wildman–Crippen LogP) is 6.06. The standard InChI is InChI=1S/C29H29NO6/c1-2-3-4-5-6-7-14-30-28(33)18-8-11-21(29(34)35)24(15-18)27-22-12-9-19(31)16-25(22)36-26-17-20(32)10-13-23(26)27/h8-13,15-17,31H,2-7,14H2,1H3,(H,30,33)(H,34,35). The Bertz CT molecular complexity index is 1440. The van der Waals surface area contributed by atoms with E-state index in [-0.39, 0.29) is 34.0 Å². The maximum Gasteiger partial charge on any atom is 0.336 e. The number of hydrogen-bond donors (Lipinski definition) is 3. The van der Waals surface area contributed by atoms with Crippen molar-refractivity contribution in [2.45, 2.75) is 45.4 Å². The molecule has 1 aliphatic heterocycles. The lowest BCUT2D eigenvalue weighted by Crippen LogP contribution is -2.24. The number of nitrogens with one attached hydrogen (secondary N) is 1. The van der Waals surface area contributed by atoms with Gasteiger partial charge >= 0.3 is 5.97 Å². The Kier molecular flexibility index (Phi) is 7.68. The predicted molar refractivity (Wildman–Crippen MR) is 139 cm³/mol. The molecule has 1 heterocycles. The number of rotatable bonds is 10. The van der Waals surface area contributed by atoms with Crippen LogP contribution in [0.3, 0.4) is 0 Å². The molecule has 0 unspecified atom stereocenters. The summed E-state index contributed by atoms with van der Waals surface area (Å²) in [5.41, 5.74) is 1.73. The van der Waals surface area contributed by atoms with E-state index in [0.29, 0.717) is 34.2 Å².